The normalized spacial score (nSPS) is 13.1. The van der Waals surface area contributed by atoms with E-state index in [4.69, 9.17) is 4.74 Å². The summed E-state index contributed by atoms with van der Waals surface area (Å²) in [4.78, 5) is 4.97. The zero-order valence-electron chi connectivity index (χ0n) is 35.6. The van der Waals surface area contributed by atoms with Gasteiger partial charge in [0.15, 0.2) is 11.5 Å². The first kappa shape index (κ1) is 36.7. The van der Waals surface area contributed by atoms with Crippen molar-refractivity contribution in [1.82, 2.24) is 0 Å². The van der Waals surface area contributed by atoms with E-state index in [0.29, 0.717) is 0 Å². The first-order valence-corrected chi connectivity index (χ1v) is 21.9. The molecule has 294 valence electrons. The molecule has 1 aliphatic rings. The highest BCUT2D eigenvalue weighted by Gasteiger charge is 2.33. The van der Waals surface area contributed by atoms with Crippen LogP contribution in [0.4, 0.5) is 34.1 Å². The summed E-state index contributed by atoms with van der Waals surface area (Å²) in [5, 5.41) is 10.2. The van der Waals surface area contributed by atoms with Crippen molar-refractivity contribution in [2.45, 2.75) is 66.2 Å². The van der Waals surface area contributed by atoms with E-state index in [1.807, 2.05) is 11.3 Å². The van der Waals surface area contributed by atoms with Gasteiger partial charge in [0.2, 0.25) is 0 Å². The number of aryl methyl sites for hydroxylation is 2. The van der Waals surface area contributed by atoms with Crippen LogP contribution in [0.3, 0.4) is 0 Å². The lowest BCUT2D eigenvalue weighted by atomic mass is 9.77. The van der Waals surface area contributed by atoms with Crippen LogP contribution in [-0.4, -0.2) is 0 Å². The van der Waals surface area contributed by atoms with Gasteiger partial charge in [-0.1, -0.05) is 120 Å². The zero-order chi connectivity index (χ0) is 41.2. The highest BCUT2D eigenvalue weighted by molar-refractivity contribution is 7.25. The molecule has 0 saturated heterocycles. The third-order valence-corrected chi connectivity index (χ3v) is 13.6. The Kier molecular flexibility index (Phi) is 7.99. The maximum Gasteiger partial charge on any atom is 0.152 e. The quantitative estimate of drug-likeness (QED) is 0.165. The number of rotatable bonds is 4. The van der Waals surface area contributed by atoms with Gasteiger partial charge in [-0.2, -0.15) is 0 Å². The Labute approximate surface area is 356 Å². The molecule has 0 amide bonds. The predicted molar refractivity (Wildman–Crippen MR) is 259 cm³/mol. The minimum absolute atomic E-state index is 0.130. The number of hydrogen-bond donors (Lipinski definition) is 0. The van der Waals surface area contributed by atoms with Crippen LogP contribution in [0.5, 0.6) is 11.5 Å². The highest BCUT2D eigenvalue weighted by atomic mass is 32.1. The maximum atomic E-state index is 6.83. The van der Waals surface area contributed by atoms with E-state index >= 15 is 0 Å². The maximum absolute atomic E-state index is 6.83. The van der Waals surface area contributed by atoms with Gasteiger partial charge < -0.3 is 14.5 Å². The largest absolute Gasteiger partial charge is 0.453 e. The van der Waals surface area contributed by atoms with Crippen LogP contribution in [0.2, 0.25) is 0 Å². The van der Waals surface area contributed by atoms with Crippen LogP contribution < -0.4 is 14.5 Å². The minimum atomic E-state index is -0.147. The van der Waals surface area contributed by atoms with Gasteiger partial charge in [0.1, 0.15) is 0 Å². The molecule has 3 nitrogen and oxygen atoms in total. The topological polar surface area (TPSA) is 15.7 Å². The summed E-state index contributed by atoms with van der Waals surface area (Å²) < 4.78 is 9.37. The molecule has 0 saturated carbocycles. The van der Waals surface area contributed by atoms with E-state index in [0.717, 1.165) is 39.9 Å². The summed E-state index contributed by atoms with van der Waals surface area (Å²) in [6.07, 6.45) is 0. The molecule has 0 aliphatic carbocycles. The third-order valence-electron chi connectivity index (χ3n) is 12.5. The number of ether oxygens (including phenoxy) is 1. The van der Waals surface area contributed by atoms with Gasteiger partial charge in [0, 0.05) is 42.3 Å². The van der Waals surface area contributed by atoms with E-state index in [9.17, 15) is 0 Å². The zero-order valence-corrected chi connectivity index (χ0v) is 36.4. The van der Waals surface area contributed by atoms with E-state index < -0.39 is 0 Å². The van der Waals surface area contributed by atoms with Crippen LogP contribution in [0.15, 0.2) is 146 Å². The number of nitrogens with zero attached hydrogens (tertiary/aromatic N) is 2. The van der Waals surface area contributed by atoms with Crippen molar-refractivity contribution in [3.63, 3.8) is 0 Å². The molecule has 60 heavy (non-hydrogen) atoms. The molecular weight excluding hydrogens is 749 g/mol. The van der Waals surface area contributed by atoms with Crippen molar-refractivity contribution in [2.75, 3.05) is 9.80 Å². The molecule has 1 aliphatic heterocycles. The van der Waals surface area contributed by atoms with Crippen molar-refractivity contribution in [1.29, 1.82) is 0 Å². The van der Waals surface area contributed by atoms with E-state index in [2.05, 4.69) is 211 Å². The highest BCUT2D eigenvalue weighted by Crippen LogP contribution is 2.57. The summed E-state index contributed by atoms with van der Waals surface area (Å²) in [6, 6.07) is 54.3. The third kappa shape index (κ3) is 5.61. The van der Waals surface area contributed by atoms with E-state index in [1.165, 1.54) is 80.4 Å². The second-order valence-corrected chi connectivity index (χ2v) is 19.9. The average molecular weight is 797 g/mol. The van der Waals surface area contributed by atoms with Gasteiger partial charge in [-0.25, -0.2) is 0 Å². The molecule has 10 aromatic rings. The van der Waals surface area contributed by atoms with Crippen LogP contribution >= 0.6 is 11.3 Å². The molecule has 0 spiro atoms. The molecule has 4 heteroatoms. The molecule has 9 aromatic carbocycles. The number of benzene rings is 9. The number of thiophene rings is 1. The molecular formula is C56H48N2OS. The van der Waals surface area contributed by atoms with Gasteiger partial charge in [-0.15, -0.1) is 11.3 Å². The fraction of sp³-hybridized carbons (Fsp3) is 0.179. The fourth-order valence-electron chi connectivity index (χ4n) is 9.76. The van der Waals surface area contributed by atoms with Crippen LogP contribution in [0.1, 0.15) is 63.8 Å². The van der Waals surface area contributed by atoms with Crippen molar-refractivity contribution in [2.24, 2.45) is 0 Å². The molecule has 0 radical (unpaired) electrons. The monoisotopic (exact) mass is 796 g/mol. The Morgan fingerprint density at radius 1 is 0.450 bits per heavy atom. The summed E-state index contributed by atoms with van der Waals surface area (Å²) in [6.45, 7) is 18.5. The molecule has 0 unspecified atom stereocenters. The van der Waals surface area contributed by atoms with Crippen LogP contribution in [0, 0.1) is 13.8 Å². The SMILES string of the molecule is Cc1cccc(N(c2cccc(C)c2)c2cc(C(C)(C)C)c3ccc4c(N5c6ccccc6Oc6cc7c(cc65)sc5ccccc57)cc(C(C)(C)C)c5ccc2c3c45)c1. The Morgan fingerprint density at radius 2 is 1.05 bits per heavy atom. The van der Waals surface area contributed by atoms with Crippen molar-refractivity contribution < 1.29 is 4.74 Å². The predicted octanol–water partition coefficient (Wildman–Crippen LogP) is 17.2. The van der Waals surface area contributed by atoms with Gasteiger partial charge in [0.05, 0.1) is 22.7 Å². The second kappa shape index (κ2) is 13.1. The molecule has 1 aromatic heterocycles. The Hall–Kier alpha value is -6.36. The summed E-state index contributed by atoms with van der Waals surface area (Å²) in [5.41, 5.74) is 11.6. The Bertz CT molecular complexity index is 3310. The number of fused-ring (bicyclic) bond motifs is 5. The molecule has 2 heterocycles. The number of anilines is 6. The van der Waals surface area contributed by atoms with E-state index in [-0.39, 0.29) is 10.8 Å². The summed E-state index contributed by atoms with van der Waals surface area (Å²) in [7, 11) is 0. The summed E-state index contributed by atoms with van der Waals surface area (Å²) in [5.74, 6) is 1.73. The van der Waals surface area contributed by atoms with E-state index in [1.54, 1.807) is 0 Å². The van der Waals surface area contributed by atoms with Crippen LogP contribution in [0.25, 0.3) is 52.5 Å². The Balaban J connectivity index is 1.28. The standard InChI is InChI=1S/C56H48N2OS/c1-33-15-13-17-35(27-33)57(36-18-14-16-34(2)28-36)46-30-43(55(3,4)5)38-24-26-41-47(31-44(56(6,7)8)39-23-25-40(46)53(38)54(39)41)58-45-20-10-11-21-49(45)59-50-29-42-37-19-9-12-22-51(37)60-52(42)32-48(50)58/h9-32H,1-8H3. The van der Waals surface area contributed by atoms with Crippen molar-refractivity contribution >= 4 is 98.0 Å². The molecule has 0 fully saturated rings. The van der Waals surface area contributed by atoms with Crippen molar-refractivity contribution in [3.05, 3.63) is 168 Å². The molecule has 0 atom stereocenters. The molecule has 0 bridgehead atoms. The Morgan fingerprint density at radius 3 is 1.73 bits per heavy atom. The summed E-state index contributed by atoms with van der Waals surface area (Å²) >= 11 is 1.85. The number of hydrogen-bond acceptors (Lipinski definition) is 4. The second-order valence-electron chi connectivity index (χ2n) is 18.8. The first-order valence-electron chi connectivity index (χ1n) is 21.1. The van der Waals surface area contributed by atoms with Crippen molar-refractivity contribution in [3.8, 4) is 11.5 Å². The molecule has 11 rings (SSSR count). The van der Waals surface area contributed by atoms with Gasteiger partial charge in [0.25, 0.3) is 0 Å². The van der Waals surface area contributed by atoms with Gasteiger partial charge >= 0.3 is 0 Å². The lowest BCUT2D eigenvalue weighted by Crippen LogP contribution is -2.19. The van der Waals surface area contributed by atoms with Crippen LogP contribution in [-0.2, 0) is 10.8 Å². The van der Waals surface area contributed by atoms with Gasteiger partial charge in [-0.05, 0) is 135 Å². The number of para-hydroxylation sites is 2. The first-order chi connectivity index (χ1) is 28.8. The minimum Gasteiger partial charge on any atom is -0.453 e. The van der Waals surface area contributed by atoms with Gasteiger partial charge in [-0.3, -0.25) is 0 Å². The molecule has 0 N–H and O–H groups in total. The smallest absolute Gasteiger partial charge is 0.152 e. The lowest BCUT2D eigenvalue weighted by Gasteiger charge is -2.36. The fourth-order valence-corrected chi connectivity index (χ4v) is 10.9. The average Bonchev–Trinajstić information content (AvgIpc) is 3.58. The lowest BCUT2D eigenvalue weighted by molar-refractivity contribution is 0.478.